The maximum absolute atomic E-state index is 13.6. The summed E-state index contributed by atoms with van der Waals surface area (Å²) in [6.45, 7) is 12.7. The van der Waals surface area contributed by atoms with Gasteiger partial charge in [-0.3, -0.25) is 0 Å². The summed E-state index contributed by atoms with van der Waals surface area (Å²) in [6, 6.07) is 21.0. The number of halogens is 3. The normalized spacial score (nSPS) is 12.8. The van der Waals surface area contributed by atoms with Crippen LogP contribution in [0.3, 0.4) is 0 Å². The van der Waals surface area contributed by atoms with Gasteiger partial charge in [-0.15, -0.1) is 0 Å². The van der Waals surface area contributed by atoms with E-state index < -0.39 is 11.7 Å². The van der Waals surface area contributed by atoms with Crippen LogP contribution in [0.5, 0.6) is 0 Å². The standard InChI is InChI=1S/C27H28F3/c1-25(2,3)22-11-7-18(8-12-22)20-15-21(17-24(16-20)27(28,29)30)19-9-13-23(14-10-19)26(4,5)6/h7-16H,1-6H3. The Morgan fingerprint density at radius 3 is 1.40 bits per heavy atom. The summed E-state index contributed by atoms with van der Waals surface area (Å²) in [7, 11) is 0. The fraction of sp³-hybridized carbons (Fsp3) is 0.333. The number of benzene rings is 3. The maximum atomic E-state index is 13.6. The summed E-state index contributed by atoms with van der Waals surface area (Å²) in [6.07, 6.45) is -4.46. The Morgan fingerprint density at radius 2 is 1.00 bits per heavy atom. The number of hydrogen-bond acceptors (Lipinski definition) is 0. The first kappa shape index (κ1) is 22.1. The third kappa shape index (κ3) is 4.95. The molecule has 3 aromatic rings. The highest BCUT2D eigenvalue weighted by Gasteiger charge is 2.32. The molecule has 0 saturated carbocycles. The van der Waals surface area contributed by atoms with Gasteiger partial charge in [-0.25, -0.2) is 0 Å². The number of rotatable bonds is 2. The lowest BCUT2D eigenvalue weighted by atomic mass is 9.85. The molecule has 3 rings (SSSR count). The minimum Gasteiger partial charge on any atom is -0.166 e. The van der Waals surface area contributed by atoms with Gasteiger partial charge in [-0.1, -0.05) is 90.1 Å². The van der Waals surface area contributed by atoms with Crippen molar-refractivity contribution in [2.24, 2.45) is 0 Å². The van der Waals surface area contributed by atoms with Crippen molar-refractivity contribution in [2.75, 3.05) is 0 Å². The zero-order valence-corrected chi connectivity index (χ0v) is 18.4. The van der Waals surface area contributed by atoms with E-state index in [1.807, 2.05) is 48.5 Å². The number of alkyl halides is 3. The van der Waals surface area contributed by atoms with Crippen molar-refractivity contribution < 1.29 is 13.2 Å². The molecule has 0 aliphatic heterocycles. The molecular weight excluding hydrogens is 381 g/mol. The fourth-order valence-corrected chi connectivity index (χ4v) is 3.36. The molecule has 0 aliphatic carbocycles. The SMILES string of the molecule is CC(C)(C)c1ccc(-c2[c]c(C(F)(F)F)cc(-c3ccc(C(C)(C)C)cc3)c2)cc1. The minimum absolute atomic E-state index is 0.0138. The zero-order chi connectivity index (χ0) is 22.3. The van der Waals surface area contributed by atoms with E-state index in [0.29, 0.717) is 11.1 Å². The Balaban J connectivity index is 2.09. The van der Waals surface area contributed by atoms with Crippen molar-refractivity contribution in [1.82, 2.24) is 0 Å². The van der Waals surface area contributed by atoms with E-state index in [9.17, 15) is 13.2 Å². The predicted molar refractivity (Wildman–Crippen MR) is 119 cm³/mol. The van der Waals surface area contributed by atoms with Gasteiger partial charge >= 0.3 is 6.18 Å². The van der Waals surface area contributed by atoms with E-state index in [4.69, 9.17) is 0 Å². The Morgan fingerprint density at radius 1 is 0.567 bits per heavy atom. The predicted octanol–water partition coefficient (Wildman–Crippen LogP) is 8.43. The van der Waals surface area contributed by atoms with E-state index in [-0.39, 0.29) is 10.8 Å². The molecule has 0 spiro atoms. The van der Waals surface area contributed by atoms with Crippen LogP contribution in [0.15, 0.2) is 60.7 Å². The highest BCUT2D eigenvalue weighted by molar-refractivity contribution is 5.74. The van der Waals surface area contributed by atoms with Crippen molar-refractivity contribution in [1.29, 1.82) is 0 Å². The first-order valence-electron chi connectivity index (χ1n) is 10.1. The fourth-order valence-electron chi connectivity index (χ4n) is 3.36. The van der Waals surface area contributed by atoms with E-state index in [0.717, 1.165) is 22.3 Å². The summed E-state index contributed by atoms with van der Waals surface area (Å²) in [5.74, 6) is 0. The summed E-state index contributed by atoms with van der Waals surface area (Å²) >= 11 is 0. The van der Waals surface area contributed by atoms with Crippen LogP contribution in [0.4, 0.5) is 13.2 Å². The molecule has 1 radical (unpaired) electrons. The molecule has 3 heteroatoms. The molecule has 0 bridgehead atoms. The van der Waals surface area contributed by atoms with Crippen molar-refractivity contribution in [3.8, 4) is 22.3 Å². The molecule has 157 valence electrons. The van der Waals surface area contributed by atoms with Gasteiger partial charge in [0.05, 0.1) is 5.56 Å². The topological polar surface area (TPSA) is 0 Å². The van der Waals surface area contributed by atoms with Crippen LogP contribution >= 0.6 is 0 Å². The second-order valence-electron chi connectivity index (χ2n) is 9.85. The van der Waals surface area contributed by atoms with Gasteiger partial charge in [0.15, 0.2) is 0 Å². The van der Waals surface area contributed by atoms with Crippen LogP contribution in [0, 0.1) is 6.07 Å². The second-order valence-corrected chi connectivity index (χ2v) is 9.85. The molecule has 0 heterocycles. The molecule has 0 unspecified atom stereocenters. The summed E-state index contributed by atoms with van der Waals surface area (Å²) in [5.41, 5.74) is 3.96. The lowest BCUT2D eigenvalue weighted by Gasteiger charge is -2.20. The van der Waals surface area contributed by atoms with Gasteiger partial charge in [0.25, 0.3) is 0 Å². The van der Waals surface area contributed by atoms with Crippen LogP contribution in [-0.2, 0) is 17.0 Å². The van der Waals surface area contributed by atoms with Gasteiger partial charge in [-0.05, 0) is 56.3 Å². The molecule has 0 saturated heterocycles. The average Bonchev–Trinajstić information content (AvgIpc) is 2.66. The Kier molecular flexibility index (Phi) is 5.62. The van der Waals surface area contributed by atoms with Crippen LogP contribution < -0.4 is 0 Å². The van der Waals surface area contributed by atoms with Gasteiger partial charge in [0, 0.05) is 6.07 Å². The monoisotopic (exact) mass is 409 g/mol. The second kappa shape index (κ2) is 7.61. The third-order valence-corrected chi connectivity index (χ3v) is 5.32. The molecule has 30 heavy (non-hydrogen) atoms. The molecule has 0 N–H and O–H groups in total. The lowest BCUT2D eigenvalue weighted by molar-refractivity contribution is -0.137. The summed E-state index contributed by atoms with van der Waals surface area (Å²) in [4.78, 5) is 0. The minimum atomic E-state index is -4.46. The smallest absolute Gasteiger partial charge is 0.166 e. The molecule has 0 amide bonds. The Hall–Kier alpha value is -2.55. The van der Waals surface area contributed by atoms with E-state index in [1.165, 1.54) is 6.07 Å². The zero-order valence-electron chi connectivity index (χ0n) is 18.4. The molecule has 0 aromatic heterocycles. The van der Waals surface area contributed by atoms with Gasteiger partial charge in [-0.2, -0.15) is 13.2 Å². The van der Waals surface area contributed by atoms with Crippen LogP contribution in [0.25, 0.3) is 22.3 Å². The first-order chi connectivity index (χ1) is 13.7. The molecule has 0 fully saturated rings. The molecule has 3 aromatic carbocycles. The van der Waals surface area contributed by atoms with Crippen molar-refractivity contribution in [3.63, 3.8) is 0 Å². The Labute approximate surface area is 177 Å². The largest absolute Gasteiger partial charge is 0.417 e. The van der Waals surface area contributed by atoms with Crippen LogP contribution in [-0.4, -0.2) is 0 Å². The van der Waals surface area contributed by atoms with Crippen LogP contribution in [0.1, 0.15) is 58.2 Å². The highest BCUT2D eigenvalue weighted by Crippen LogP contribution is 2.37. The molecular formula is C27H28F3. The lowest BCUT2D eigenvalue weighted by Crippen LogP contribution is -2.10. The third-order valence-electron chi connectivity index (χ3n) is 5.32. The van der Waals surface area contributed by atoms with Crippen molar-refractivity contribution >= 4 is 0 Å². The maximum Gasteiger partial charge on any atom is 0.417 e. The summed E-state index contributed by atoms with van der Waals surface area (Å²) in [5, 5.41) is 0. The van der Waals surface area contributed by atoms with Crippen molar-refractivity contribution in [2.45, 2.75) is 58.5 Å². The molecule has 0 aliphatic rings. The highest BCUT2D eigenvalue weighted by atomic mass is 19.4. The Bertz CT molecular complexity index is 934. The first-order valence-corrected chi connectivity index (χ1v) is 10.1. The molecule has 0 nitrogen and oxygen atoms in total. The number of hydrogen-bond donors (Lipinski definition) is 0. The van der Waals surface area contributed by atoms with Gasteiger partial charge < -0.3 is 0 Å². The van der Waals surface area contributed by atoms with Gasteiger partial charge in [0.1, 0.15) is 0 Å². The van der Waals surface area contributed by atoms with E-state index >= 15 is 0 Å². The van der Waals surface area contributed by atoms with E-state index in [2.05, 4.69) is 47.6 Å². The van der Waals surface area contributed by atoms with Gasteiger partial charge in [0.2, 0.25) is 0 Å². The van der Waals surface area contributed by atoms with E-state index in [1.54, 1.807) is 6.07 Å². The van der Waals surface area contributed by atoms with Crippen molar-refractivity contribution in [3.05, 3.63) is 83.4 Å². The summed E-state index contributed by atoms with van der Waals surface area (Å²) < 4.78 is 40.8. The average molecular weight is 410 g/mol. The molecule has 0 atom stereocenters. The quantitative estimate of drug-likeness (QED) is 0.398. The van der Waals surface area contributed by atoms with Crippen LogP contribution in [0.2, 0.25) is 0 Å².